The molecule has 104 valence electrons. The highest BCUT2D eigenvalue weighted by Gasteiger charge is 2.30. The Morgan fingerprint density at radius 2 is 2.35 bits per heavy atom. The van der Waals surface area contributed by atoms with Crippen LogP contribution in [0.2, 0.25) is 5.02 Å². The number of aromatic nitrogens is 2. The topological polar surface area (TPSA) is 58.2 Å². The van der Waals surface area contributed by atoms with Gasteiger partial charge in [0.05, 0.1) is 24.9 Å². The molecule has 1 aromatic heterocycles. The van der Waals surface area contributed by atoms with Crippen molar-refractivity contribution in [1.29, 1.82) is 0 Å². The van der Waals surface area contributed by atoms with Gasteiger partial charge in [-0.1, -0.05) is 17.7 Å². The highest BCUT2D eigenvalue weighted by Crippen LogP contribution is 2.25. The van der Waals surface area contributed by atoms with E-state index in [9.17, 15) is 4.79 Å². The molecule has 3 rings (SSSR count). The maximum absolute atomic E-state index is 12.6. The summed E-state index contributed by atoms with van der Waals surface area (Å²) in [6, 6.07) is 8.71. The average Bonchev–Trinajstić information content (AvgIpc) is 3.00. The second kappa shape index (κ2) is 5.64. The van der Waals surface area contributed by atoms with Gasteiger partial charge in [-0.3, -0.25) is 9.89 Å². The maximum Gasteiger partial charge on any atom is 0.254 e. The van der Waals surface area contributed by atoms with Gasteiger partial charge in [-0.2, -0.15) is 5.10 Å². The normalized spacial score (nSPS) is 19.1. The Balaban J connectivity index is 1.88. The van der Waals surface area contributed by atoms with Crippen molar-refractivity contribution in [3.63, 3.8) is 0 Å². The number of carbonyl (C=O) groups is 1. The van der Waals surface area contributed by atoms with Gasteiger partial charge in [-0.15, -0.1) is 0 Å². The first-order valence-corrected chi connectivity index (χ1v) is 6.77. The van der Waals surface area contributed by atoms with E-state index in [1.165, 1.54) is 0 Å². The summed E-state index contributed by atoms with van der Waals surface area (Å²) in [5, 5.41) is 7.40. The van der Waals surface area contributed by atoms with E-state index in [0.29, 0.717) is 30.3 Å². The van der Waals surface area contributed by atoms with Crippen LogP contribution >= 0.6 is 11.6 Å². The van der Waals surface area contributed by atoms with Crippen molar-refractivity contribution >= 4 is 17.5 Å². The number of rotatable bonds is 2. The van der Waals surface area contributed by atoms with E-state index in [-0.39, 0.29) is 11.9 Å². The van der Waals surface area contributed by atoms with Gasteiger partial charge < -0.3 is 9.64 Å². The molecule has 1 aliphatic heterocycles. The average molecular weight is 292 g/mol. The van der Waals surface area contributed by atoms with Gasteiger partial charge in [0, 0.05) is 23.3 Å². The molecule has 20 heavy (non-hydrogen) atoms. The number of H-pyrrole nitrogens is 1. The lowest BCUT2D eigenvalue weighted by Crippen LogP contribution is -2.43. The van der Waals surface area contributed by atoms with Crippen LogP contribution in [0.25, 0.3) is 0 Å². The van der Waals surface area contributed by atoms with Crippen LogP contribution in [0.15, 0.2) is 36.5 Å². The van der Waals surface area contributed by atoms with E-state index in [0.717, 1.165) is 5.69 Å². The Morgan fingerprint density at radius 3 is 3.10 bits per heavy atom. The molecule has 5 nitrogen and oxygen atoms in total. The summed E-state index contributed by atoms with van der Waals surface area (Å²) in [6.45, 7) is 1.56. The Hall–Kier alpha value is -1.85. The largest absolute Gasteiger partial charge is 0.377 e. The number of morpholine rings is 1. The summed E-state index contributed by atoms with van der Waals surface area (Å²) in [6.07, 6.45) is 1.67. The third-order valence-electron chi connectivity index (χ3n) is 3.34. The van der Waals surface area contributed by atoms with E-state index in [1.807, 2.05) is 6.07 Å². The Bertz CT molecular complexity index is 600. The first kappa shape index (κ1) is 13.1. The summed E-state index contributed by atoms with van der Waals surface area (Å²) >= 11 is 5.95. The van der Waals surface area contributed by atoms with Crippen molar-refractivity contribution in [3.05, 3.63) is 52.8 Å². The number of nitrogens with one attached hydrogen (secondary N) is 1. The second-order valence-corrected chi connectivity index (χ2v) is 5.05. The maximum atomic E-state index is 12.6. The molecule has 0 aliphatic carbocycles. The lowest BCUT2D eigenvalue weighted by molar-refractivity contribution is -0.00391. The number of carbonyl (C=O) groups excluding carboxylic acids is 1. The minimum Gasteiger partial charge on any atom is -0.377 e. The van der Waals surface area contributed by atoms with Gasteiger partial charge in [-0.05, 0) is 24.3 Å². The van der Waals surface area contributed by atoms with Gasteiger partial charge in [0.1, 0.15) is 0 Å². The fourth-order valence-corrected chi connectivity index (χ4v) is 2.53. The monoisotopic (exact) mass is 291 g/mol. The minimum absolute atomic E-state index is 0.0459. The van der Waals surface area contributed by atoms with Crippen LogP contribution in [-0.4, -0.2) is 40.8 Å². The second-order valence-electron chi connectivity index (χ2n) is 4.61. The molecule has 1 atom stereocenters. The molecule has 1 amide bonds. The molecule has 6 heteroatoms. The summed E-state index contributed by atoms with van der Waals surface area (Å²) in [5.74, 6) is -0.0459. The van der Waals surface area contributed by atoms with Gasteiger partial charge in [0.15, 0.2) is 0 Å². The van der Waals surface area contributed by atoms with Crippen LogP contribution in [0.4, 0.5) is 0 Å². The van der Waals surface area contributed by atoms with Crippen molar-refractivity contribution < 1.29 is 9.53 Å². The van der Waals surface area contributed by atoms with Gasteiger partial charge >= 0.3 is 0 Å². The van der Waals surface area contributed by atoms with Crippen LogP contribution in [0.1, 0.15) is 22.1 Å². The Labute approximate surface area is 121 Å². The lowest BCUT2D eigenvalue weighted by atomic mass is 10.1. The molecule has 2 heterocycles. The number of benzene rings is 1. The summed E-state index contributed by atoms with van der Waals surface area (Å²) in [4.78, 5) is 14.4. The molecule has 0 unspecified atom stereocenters. The zero-order valence-electron chi connectivity index (χ0n) is 10.8. The molecular formula is C14H14ClN3O2. The Kier molecular flexibility index (Phi) is 3.71. The zero-order valence-corrected chi connectivity index (χ0v) is 11.5. The van der Waals surface area contributed by atoms with Gasteiger partial charge in [0.2, 0.25) is 0 Å². The SMILES string of the molecule is O=C(c1cccc(Cl)c1)N1CCOC[C@H]1c1ccn[nH]1. The number of amides is 1. The molecule has 1 fully saturated rings. The van der Waals surface area contributed by atoms with E-state index in [4.69, 9.17) is 16.3 Å². The van der Waals surface area contributed by atoms with Crippen molar-refractivity contribution in [2.24, 2.45) is 0 Å². The van der Waals surface area contributed by atoms with Crippen molar-refractivity contribution in [2.75, 3.05) is 19.8 Å². The number of aromatic amines is 1. The minimum atomic E-state index is -0.141. The first-order valence-electron chi connectivity index (χ1n) is 6.39. The molecule has 1 aromatic carbocycles. The van der Waals surface area contributed by atoms with Crippen molar-refractivity contribution in [2.45, 2.75) is 6.04 Å². The standard InChI is InChI=1S/C14H14ClN3O2/c15-11-3-1-2-10(8-11)14(19)18-6-7-20-9-13(18)12-4-5-16-17-12/h1-5,8,13H,6-7,9H2,(H,16,17)/t13-/m0/s1. The van der Waals surface area contributed by atoms with Crippen molar-refractivity contribution in [1.82, 2.24) is 15.1 Å². The van der Waals surface area contributed by atoms with Crippen LogP contribution in [0.5, 0.6) is 0 Å². The first-order chi connectivity index (χ1) is 9.75. The molecule has 1 N–H and O–H groups in total. The quantitative estimate of drug-likeness (QED) is 0.923. The van der Waals surface area contributed by atoms with E-state index < -0.39 is 0 Å². The molecule has 2 aromatic rings. The predicted molar refractivity (Wildman–Crippen MR) is 74.6 cm³/mol. The lowest BCUT2D eigenvalue weighted by Gasteiger charge is -2.35. The van der Waals surface area contributed by atoms with Crippen LogP contribution in [-0.2, 0) is 4.74 Å². The third-order valence-corrected chi connectivity index (χ3v) is 3.58. The summed E-state index contributed by atoms with van der Waals surface area (Å²) < 4.78 is 5.48. The van der Waals surface area contributed by atoms with Gasteiger partial charge in [0.25, 0.3) is 5.91 Å². The Morgan fingerprint density at radius 1 is 1.45 bits per heavy atom. The zero-order chi connectivity index (χ0) is 13.9. The fourth-order valence-electron chi connectivity index (χ4n) is 2.34. The number of hydrogen-bond donors (Lipinski definition) is 1. The number of ether oxygens (including phenoxy) is 1. The number of nitrogens with zero attached hydrogens (tertiary/aromatic N) is 2. The smallest absolute Gasteiger partial charge is 0.254 e. The summed E-state index contributed by atoms with van der Waals surface area (Å²) in [7, 11) is 0. The van der Waals surface area contributed by atoms with Crippen LogP contribution in [0, 0.1) is 0 Å². The highest BCUT2D eigenvalue weighted by atomic mass is 35.5. The fraction of sp³-hybridized carbons (Fsp3) is 0.286. The highest BCUT2D eigenvalue weighted by molar-refractivity contribution is 6.30. The number of hydrogen-bond acceptors (Lipinski definition) is 3. The molecule has 0 radical (unpaired) electrons. The predicted octanol–water partition coefficient (Wildman–Crippen LogP) is 2.28. The third kappa shape index (κ3) is 2.55. The van der Waals surface area contributed by atoms with E-state index in [1.54, 1.807) is 35.4 Å². The van der Waals surface area contributed by atoms with E-state index >= 15 is 0 Å². The molecule has 1 aliphatic rings. The van der Waals surface area contributed by atoms with Crippen LogP contribution < -0.4 is 0 Å². The van der Waals surface area contributed by atoms with E-state index in [2.05, 4.69) is 10.2 Å². The van der Waals surface area contributed by atoms with Gasteiger partial charge in [-0.25, -0.2) is 0 Å². The molecule has 0 bridgehead atoms. The van der Waals surface area contributed by atoms with Crippen molar-refractivity contribution in [3.8, 4) is 0 Å². The summed E-state index contributed by atoms with van der Waals surface area (Å²) in [5.41, 5.74) is 1.46. The molecule has 0 saturated carbocycles. The molecule has 1 saturated heterocycles. The number of halogens is 1. The molecule has 0 spiro atoms. The molecular weight excluding hydrogens is 278 g/mol. The van der Waals surface area contributed by atoms with Crippen LogP contribution in [0.3, 0.4) is 0 Å².